The zero-order chi connectivity index (χ0) is 17.4. The summed E-state index contributed by atoms with van der Waals surface area (Å²) in [6, 6.07) is 4.04. The number of hydrogen-bond donors (Lipinski definition) is 3. The molecule has 2 aliphatic rings. The third-order valence-electron chi connectivity index (χ3n) is 4.34. The van der Waals surface area contributed by atoms with Gasteiger partial charge >= 0.3 is 5.97 Å². The van der Waals surface area contributed by atoms with E-state index in [4.69, 9.17) is 4.74 Å². The molecule has 0 spiro atoms. The highest BCUT2D eigenvalue weighted by molar-refractivity contribution is 7.89. The van der Waals surface area contributed by atoms with Gasteiger partial charge in [0.15, 0.2) is 6.61 Å². The van der Waals surface area contributed by atoms with Gasteiger partial charge in [-0.05, 0) is 31.0 Å². The van der Waals surface area contributed by atoms with Crippen LogP contribution >= 0.6 is 0 Å². The first-order valence-electron chi connectivity index (χ1n) is 7.66. The zero-order valence-corrected chi connectivity index (χ0v) is 13.7. The molecule has 1 saturated carbocycles. The molecular weight excluding hydrogens is 336 g/mol. The smallest absolute Gasteiger partial charge is 0.324 e. The van der Waals surface area contributed by atoms with Gasteiger partial charge in [-0.15, -0.1) is 0 Å². The minimum atomic E-state index is -4.05. The van der Waals surface area contributed by atoms with Crippen LogP contribution in [0.2, 0.25) is 0 Å². The van der Waals surface area contributed by atoms with Crippen molar-refractivity contribution in [3.05, 3.63) is 18.2 Å². The molecule has 1 heterocycles. The van der Waals surface area contributed by atoms with Crippen molar-refractivity contribution in [3.8, 4) is 5.75 Å². The highest BCUT2D eigenvalue weighted by atomic mass is 32.2. The van der Waals surface area contributed by atoms with Gasteiger partial charge in [0.1, 0.15) is 11.3 Å². The first-order chi connectivity index (χ1) is 11.3. The third-order valence-corrected chi connectivity index (χ3v) is 5.87. The number of fused-ring (bicyclic) bond motifs is 1. The Labute approximate surface area is 139 Å². The second-order valence-electron chi connectivity index (χ2n) is 6.05. The number of nitrogens with one attached hydrogen (secondary N) is 2. The SMILES string of the molecule is O=C1COc2ccc(S(=O)(=O)NC3(C(=O)O)CCCCC3)cc2N1. The fourth-order valence-corrected chi connectivity index (χ4v) is 4.50. The lowest BCUT2D eigenvalue weighted by Crippen LogP contribution is -2.55. The molecule has 3 N–H and O–H groups in total. The van der Waals surface area contributed by atoms with Gasteiger partial charge in [-0.1, -0.05) is 19.3 Å². The molecule has 1 aromatic rings. The molecule has 0 atom stereocenters. The zero-order valence-electron chi connectivity index (χ0n) is 12.9. The summed E-state index contributed by atoms with van der Waals surface area (Å²) in [5.74, 6) is -1.17. The van der Waals surface area contributed by atoms with E-state index in [2.05, 4.69) is 10.0 Å². The molecule has 1 aromatic carbocycles. The van der Waals surface area contributed by atoms with E-state index in [1.165, 1.54) is 18.2 Å². The van der Waals surface area contributed by atoms with Gasteiger partial charge in [0.05, 0.1) is 10.6 Å². The molecular formula is C15H18N2O6S. The minimum Gasteiger partial charge on any atom is -0.482 e. The number of carbonyl (C=O) groups excluding carboxylic acids is 1. The van der Waals surface area contributed by atoms with E-state index in [-0.39, 0.29) is 35.9 Å². The average Bonchev–Trinajstić information content (AvgIpc) is 2.54. The molecule has 130 valence electrons. The molecule has 1 fully saturated rings. The molecule has 9 heteroatoms. The average molecular weight is 354 g/mol. The summed E-state index contributed by atoms with van der Waals surface area (Å²) in [5, 5.41) is 12.1. The maximum absolute atomic E-state index is 12.6. The predicted molar refractivity (Wildman–Crippen MR) is 84.3 cm³/mol. The van der Waals surface area contributed by atoms with E-state index >= 15 is 0 Å². The first kappa shape index (κ1) is 16.7. The van der Waals surface area contributed by atoms with Crippen molar-refractivity contribution in [3.63, 3.8) is 0 Å². The van der Waals surface area contributed by atoms with E-state index in [1.807, 2.05) is 0 Å². The van der Waals surface area contributed by atoms with Crippen LogP contribution in [0.15, 0.2) is 23.1 Å². The van der Waals surface area contributed by atoms with Crippen LogP contribution < -0.4 is 14.8 Å². The van der Waals surface area contributed by atoms with Crippen LogP contribution in [0.25, 0.3) is 0 Å². The summed E-state index contributed by atoms with van der Waals surface area (Å²) >= 11 is 0. The Morgan fingerprint density at radius 1 is 1.25 bits per heavy atom. The van der Waals surface area contributed by atoms with Gasteiger partial charge < -0.3 is 15.2 Å². The van der Waals surface area contributed by atoms with Crippen LogP contribution in [0.1, 0.15) is 32.1 Å². The van der Waals surface area contributed by atoms with Gasteiger partial charge in [0, 0.05) is 0 Å². The molecule has 0 radical (unpaired) electrons. The summed E-state index contributed by atoms with van der Waals surface area (Å²) in [6.45, 7) is -0.126. The molecule has 1 aliphatic carbocycles. The van der Waals surface area contributed by atoms with Gasteiger partial charge in [-0.25, -0.2) is 8.42 Å². The van der Waals surface area contributed by atoms with Crippen LogP contribution in [-0.2, 0) is 19.6 Å². The Bertz CT molecular complexity index is 783. The Morgan fingerprint density at radius 2 is 1.96 bits per heavy atom. The molecule has 24 heavy (non-hydrogen) atoms. The van der Waals surface area contributed by atoms with Crippen LogP contribution in [-0.4, -0.2) is 37.5 Å². The largest absolute Gasteiger partial charge is 0.482 e. The molecule has 0 aromatic heterocycles. The monoisotopic (exact) mass is 354 g/mol. The molecule has 3 rings (SSSR count). The second-order valence-corrected chi connectivity index (χ2v) is 7.73. The number of carboxylic acid groups (broad SMARTS) is 1. The lowest BCUT2D eigenvalue weighted by molar-refractivity contribution is -0.145. The number of carboxylic acids is 1. The minimum absolute atomic E-state index is 0.113. The quantitative estimate of drug-likeness (QED) is 0.744. The standard InChI is InChI=1S/C15H18N2O6S/c18-13-9-23-12-5-4-10(8-11(12)16-13)24(21,22)17-15(14(19)20)6-2-1-3-7-15/h4-5,8,17H,1-3,6-7,9H2,(H,16,18)(H,19,20). The number of amides is 1. The molecule has 1 aliphatic heterocycles. The van der Waals surface area contributed by atoms with Crippen molar-refractivity contribution in [1.29, 1.82) is 0 Å². The van der Waals surface area contributed by atoms with Crippen LogP contribution in [0.3, 0.4) is 0 Å². The lowest BCUT2D eigenvalue weighted by Gasteiger charge is -2.33. The van der Waals surface area contributed by atoms with Crippen molar-refractivity contribution in [2.75, 3.05) is 11.9 Å². The highest BCUT2D eigenvalue weighted by Crippen LogP contribution is 2.33. The van der Waals surface area contributed by atoms with Crippen LogP contribution in [0, 0.1) is 0 Å². The lowest BCUT2D eigenvalue weighted by atomic mass is 9.83. The number of rotatable bonds is 4. The molecule has 8 nitrogen and oxygen atoms in total. The Morgan fingerprint density at radius 3 is 2.62 bits per heavy atom. The van der Waals surface area contributed by atoms with E-state index in [0.29, 0.717) is 18.6 Å². The summed E-state index contributed by atoms with van der Waals surface area (Å²) in [6.07, 6.45) is 2.71. The van der Waals surface area contributed by atoms with Gasteiger partial charge in [0.25, 0.3) is 5.91 Å². The number of hydrogen-bond acceptors (Lipinski definition) is 5. The summed E-state index contributed by atoms with van der Waals surface area (Å²) in [4.78, 5) is 22.9. The number of benzene rings is 1. The summed E-state index contributed by atoms with van der Waals surface area (Å²) in [7, 11) is -4.05. The van der Waals surface area contributed by atoms with Crippen molar-refractivity contribution in [2.24, 2.45) is 0 Å². The number of carbonyl (C=O) groups is 2. The molecule has 0 bridgehead atoms. The maximum atomic E-state index is 12.6. The fraction of sp³-hybridized carbons (Fsp3) is 0.467. The Hall–Kier alpha value is -2.13. The van der Waals surface area contributed by atoms with Gasteiger partial charge in [0.2, 0.25) is 10.0 Å². The topological polar surface area (TPSA) is 122 Å². The van der Waals surface area contributed by atoms with Gasteiger partial charge in [-0.2, -0.15) is 4.72 Å². The van der Waals surface area contributed by atoms with E-state index < -0.39 is 21.5 Å². The number of aliphatic carboxylic acids is 1. The van der Waals surface area contributed by atoms with Gasteiger partial charge in [-0.3, -0.25) is 9.59 Å². The molecule has 0 saturated heterocycles. The van der Waals surface area contributed by atoms with Crippen LogP contribution in [0.4, 0.5) is 5.69 Å². The molecule has 1 amide bonds. The van der Waals surface area contributed by atoms with Crippen LogP contribution in [0.5, 0.6) is 5.75 Å². The van der Waals surface area contributed by atoms with E-state index in [1.54, 1.807) is 0 Å². The predicted octanol–water partition coefficient (Wildman–Crippen LogP) is 1.08. The highest BCUT2D eigenvalue weighted by Gasteiger charge is 2.43. The summed E-state index contributed by atoms with van der Waals surface area (Å²) in [5.41, 5.74) is -1.23. The van der Waals surface area contributed by atoms with Crippen molar-refractivity contribution in [1.82, 2.24) is 4.72 Å². The number of sulfonamides is 1. The third kappa shape index (κ3) is 3.09. The second kappa shape index (κ2) is 6.06. The summed E-state index contributed by atoms with van der Waals surface area (Å²) < 4.78 is 32.9. The first-order valence-corrected chi connectivity index (χ1v) is 9.15. The van der Waals surface area contributed by atoms with Crippen molar-refractivity contribution < 1.29 is 27.9 Å². The molecule has 0 unspecified atom stereocenters. The van der Waals surface area contributed by atoms with E-state index in [9.17, 15) is 23.1 Å². The fourth-order valence-electron chi connectivity index (χ4n) is 3.06. The maximum Gasteiger partial charge on any atom is 0.324 e. The number of anilines is 1. The Balaban J connectivity index is 1.91. The Kier molecular flexibility index (Phi) is 4.22. The van der Waals surface area contributed by atoms with Crippen molar-refractivity contribution in [2.45, 2.75) is 42.5 Å². The van der Waals surface area contributed by atoms with Crippen molar-refractivity contribution >= 4 is 27.6 Å². The van der Waals surface area contributed by atoms with E-state index in [0.717, 1.165) is 6.42 Å². The normalized spacial score (nSPS) is 19.8. The number of ether oxygens (including phenoxy) is 1.